The molecule has 98 valence electrons. The minimum absolute atomic E-state index is 0.0239. The third-order valence-electron chi connectivity index (χ3n) is 3.38. The number of hydrogen-bond acceptors (Lipinski definition) is 4. The lowest BCUT2D eigenvalue weighted by Gasteiger charge is -2.15. The van der Waals surface area contributed by atoms with Gasteiger partial charge in [0, 0.05) is 32.2 Å². The molecule has 2 unspecified atom stereocenters. The number of nitrogens with two attached hydrogens (primary N) is 1. The third-order valence-corrected chi connectivity index (χ3v) is 3.38. The summed E-state index contributed by atoms with van der Waals surface area (Å²) in [6.45, 7) is 3.09. The highest BCUT2D eigenvalue weighted by atomic mass is 16.6. The molecule has 0 saturated carbocycles. The normalized spacial score (nSPS) is 23.4. The van der Waals surface area contributed by atoms with Crippen molar-refractivity contribution in [1.82, 2.24) is 9.47 Å². The molecule has 1 aromatic rings. The number of carbonyl (C=O) groups is 1. The molecule has 2 N–H and O–H groups in total. The summed E-state index contributed by atoms with van der Waals surface area (Å²) in [5.41, 5.74) is 6.12. The molecule has 1 aliphatic rings. The van der Waals surface area contributed by atoms with E-state index in [2.05, 4.69) is 0 Å². The first kappa shape index (κ1) is 12.6. The number of hydrogen-bond donors (Lipinski definition) is 1. The Hall–Kier alpha value is -1.89. The highest BCUT2D eigenvalue weighted by Gasteiger charge is 2.32. The zero-order chi connectivity index (χ0) is 13.4. The number of nitrogens with zero attached hydrogens (tertiary/aromatic N) is 3. The van der Waals surface area contributed by atoms with Crippen molar-refractivity contribution >= 4 is 11.6 Å². The van der Waals surface area contributed by atoms with Crippen LogP contribution in [0.15, 0.2) is 12.3 Å². The van der Waals surface area contributed by atoms with Crippen molar-refractivity contribution in [2.45, 2.75) is 13.0 Å². The van der Waals surface area contributed by atoms with E-state index in [1.54, 1.807) is 11.9 Å². The Morgan fingerprint density at radius 1 is 1.56 bits per heavy atom. The molecular formula is C11H16N4O3. The standard InChI is InChI=1S/C11H16N4O3/c1-7-4-14(6-9(7)12)11(16)10-3-8(15(17)18)5-13(10)2/h3,5,7,9H,4,6,12H2,1-2H3. The Kier molecular flexibility index (Phi) is 3.08. The molecule has 18 heavy (non-hydrogen) atoms. The molecule has 1 aliphatic heterocycles. The average Bonchev–Trinajstić information content (AvgIpc) is 2.83. The number of rotatable bonds is 2. The van der Waals surface area contributed by atoms with Crippen molar-refractivity contribution in [2.24, 2.45) is 18.7 Å². The van der Waals surface area contributed by atoms with Gasteiger partial charge in [0.15, 0.2) is 0 Å². The second-order valence-corrected chi connectivity index (χ2v) is 4.80. The molecule has 7 heteroatoms. The molecule has 7 nitrogen and oxygen atoms in total. The van der Waals surface area contributed by atoms with Gasteiger partial charge in [-0.05, 0) is 5.92 Å². The van der Waals surface area contributed by atoms with E-state index in [4.69, 9.17) is 5.73 Å². The van der Waals surface area contributed by atoms with Gasteiger partial charge < -0.3 is 15.2 Å². The minimum Gasteiger partial charge on any atom is -0.340 e. The smallest absolute Gasteiger partial charge is 0.287 e. The van der Waals surface area contributed by atoms with Gasteiger partial charge >= 0.3 is 0 Å². The predicted molar refractivity (Wildman–Crippen MR) is 65.1 cm³/mol. The van der Waals surface area contributed by atoms with Crippen LogP contribution in [0.3, 0.4) is 0 Å². The van der Waals surface area contributed by atoms with Gasteiger partial charge in [-0.1, -0.05) is 6.92 Å². The summed E-state index contributed by atoms with van der Waals surface area (Å²) in [5.74, 6) is 0.0506. The maximum absolute atomic E-state index is 12.2. The molecule has 0 radical (unpaired) electrons. The summed E-state index contributed by atoms with van der Waals surface area (Å²) >= 11 is 0. The summed E-state index contributed by atoms with van der Waals surface area (Å²) < 4.78 is 1.48. The first-order chi connectivity index (χ1) is 8.40. The van der Waals surface area contributed by atoms with E-state index >= 15 is 0 Å². The van der Waals surface area contributed by atoms with Gasteiger partial charge in [0.05, 0.1) is 11.1 Å². The molecular weight excluding hydrogens is 236 g/mol. The fraction of sp³-hybridized carbons (Fsp3) is 0.545. The SMILES string of the molecule is CC1CN(C(=O)c2cc([N+](=O)[O-])cn2C)CC1N. The Morgan fingerprint density at radius 2 is 2.22 bits per heavy atom. The lowest BCUT2D eigenvalue weighted by Crippen LogP contribution is -2.33. The van der Waals surface area contributed by atoms with Gasteiger partial charge in [0.25, 0.3) is 11.6 Å². The van der Waals surface area contributed by atoms with Gasteiger partial charge in [0.1, 0.15) is 5.69 Å². The molecule has 0 aliphatic carbocycles. The summed E-state index contributed by atoms with van der Waals surface area (Å²) in [4.78, 5) is 24.0. The Balaban J connectivity index is 2.22. The lowest BCUT2D eigenvalue weighted by molar-refractivity contribution is -0.384. The summed E-state index contributed by atoms with van der Waals surface area (Å²) in [7, 11) is 1.62. The van der Waals surface area contributed by atoms with Gasteiger partial charge in [-0.15, -0.1) is 0 Å². The van der Waals surface area contributed by atoms with E-state index in [0.29, 0.717) is 18.8 Å². The van der Waals surface area contributed by atoms with E-state index < -0.39 is 4.92 Å². The number of aromatic nitrogens is 1. The predicted octanol–water partition coefficient (Wildman–Crippen LogP) is 0.352. The van der Waals surface area contributed by atoms with Crippen molar-refractivity contribution < 1.29 is 9.72 Å². The number of amides is 1. The van der Waals surface area contributed by atoms with Crippen LogP contribution in [0.4, 0.5) is 5.69 Å². The van der Waals surface area contributed by atoms with E-state index in [0.717, 1.165) is 0 Å². The molecule has 2 heterocycles. The fourth-order valence-electron chi connectivity index (χ4n) is 2.18. The Bertz CT molecular complexity index is 486. The maximum atomic E-state index is 12.2. The maximum Gasteiger partial charge on any atom is 0.287 e. The number of aryl methyl sites for hydroxylation is 1. The van der Waals surface area contributed by atoms with Gasteiger partial charge in [0.2, 0.25) is 0 Å². The summed E-state index contributed by atoms with van der Waals surface area (Å²) in [6.07, 6.45) is 1.34. The van der Waals surface area contributed by atoms with E-state index in [1.165, 1.54) is 16.8 Å². The van der Waals surface area contributed by atoms with Gasteiger partial charge in [-0.25, -0.2) is 0 Å². The monoisotopic (exact) mass is 252 g/mol. The molecule has 1 aromatic heterocycles. The molecule has 2 atom stereocenters. The fourth-order valence-corrected chi connectivity index (χ4v) is 2.18. The molecule has 1 fully saturated rings. The largest absolute Gasteiger partial charge is 0.340 e. The molecule has 0 bridgehead atoms. The number of carbonyl (C=O) groups excluding carboxylic acids is 1. The molecule has 0 aromatic carbocycles. The van der Waals surface area contributed by atoms with Crippen LogP contribution in [0.2, 0.25) is 0 Å². The van der Waals surface area contributed by atoms with Crippen LogP contribution in [0.1, 0.15) is 17.4 Å². The first-order valence-corrected chi connectivity index (χ1v) is 5.75. The zero-order valence-electron chi connectivity index (χ0n) is 10.4. The number of nitro groups is 1. The van der Waals surface area contributed by atoms with Crippen molar-refractivity contribution in [3.63, 3.8) is 0 Å². The van der Waals surface area contributed by atoms with Crippen LogP contribution in [0, 0.1) is 16.0 Å². The quantitative estimate of drug-likeness (QED) is 0.607. The third kappa shape index (κ3) is 2.08. The molecule has 0 spiro atoms. The van der Waals surface area contributed by atoms with Gasteiger partial charge in [-0.2, -0.15) is 0 Å². The number of likely N-dealkylation sites (tertiary alicyclic amines) is 1. The van der Waals surface area contributed by atoms with Crippen LogP contribution in [-0.2, 0) is 7.05 Å². The van der Waals surface area contributed by atoms with Crippen molar-refractivity contribution in [1.29, 1.82) is 0 Å². The van der Waals surface area contributed by atoms with Crippen LogP contribution in [0.5, 0.6) is 0 Å². The molecule has 1 saturated heterocycles. The topological polar surface area (TPSA) is 94.4 Å². The highest BCUT2D eigenvalue weighted by Crippen LogP contribution is 2.21. The van der Waals surface area contributed by atoms with Crippen LogP contribution < -0.4 is 5.73 Å². The molecule has 1 amide bonds. The van der Waals surface area contributed by atoms with Crippen molar-refractivity contribution in [3.05, 3.63) is 28.1 Å². The summed E-state index contributed by atoms with van der Waals surface area (Å²) in [5, 5.41) is 10.7. The van der Waals surface area contributed by atoms with E-state index in [-0.39, 0.29) is 23.6 Å². The average molecular weight is 252 g/mol. The first-order valence-electron chi connectivity index (χ1n) is 5.75. The zero-order valence-corrected chi connectivity index (χ0v) is 10.4. The Labute approximate surface area is 104 Å². The van der Waals surface area contributed by atoms with Crippen molar-refractivity contribution in [3.8, 4) is 0 Å². The van der Waals surface area contributed by atoms with E-state index in [1.807, 2.05) is 6.92 Å². The minimum atomic E-state index is -0.505. The van der Waals surface area contributed by atoms with Crippen molar-refractivity contribution in [2.75, 3.05) is 13.1 Å². The summed E-state index contributed by atoms with van der Waals surface area (Å²) in [6, 6.07) is 1.28. The Morgan fingerprint density at radius 3 is 2.67 bits per heavy atom. The van der Waals surface area contributed by atoms with Crippen LogP contribution in [0.25, 0.3) is 0 Å². The lowest BCUT2D eigenvalue weighted by atomic mass is 10.1. The second-order valence-electron chi connectivity index (χ2n) is 4.80. The van der Waals surface area contributed by atoms with E-state index in [9.17, 15) is 14.9 Å². The van der Waals surface area contributed by atoms with Gasteiger partial charge in [-0.3, -0.25) is 14.9 Å². The second kappa shape index (κ2) is 4.41. The van der Waals surface area contributed by atoms with Crippen LogP contribution in [-0.4, -0.2) is 39.4 Å². The van der Waals surface area contributed by atoms with Crippen LogP contribution >= 0.6 is 0 Å². The highest BCUT2D eigenvalue weighted by molar-refractivity contribution is 5.93. The molecule has 2 rings (SSSR count).